The van der Waals surface area contributed by atoms with Crippen molar-refractivity contribution in [2.45, 2.75) is 44.0 Å². The zero-order valence-corrected chi connectivity index (χ0v) is 18.4. The average molecular weight is 427 g/mol. The van der Waals surface area contributed by atoms with Crippen molar-refractivity contribution in [3.63, 3.8) is 0 Å². The molecule has 0 spiro atoms. The van der Waals surface area contributed by atoms with Crippen LogP contribution < -0.4 is 0 Å². The second-order valence-corrected chi connectivity index (χ2v) is 9.74. The molecule has 1 aliphatic rings. The van der Waals surface area contributed by atoms with E-state index in [-0.39, 0.29) is 23.9 Å². The van der Waals surface area contributed by atoms with E-state index in [0.717, 1.165) is 37.1 Å². The molecule has 0 N–H and O–H groups in total. The molecule has 0 aromatic heterocycles. The zero-order chi connectivity index (χ0) is 21.6. The average Bonchev–Trinajstić information content (AvgIpc) is 3.03. The Labute approximate surface area is 180 Å². The summed E-state index contributed by atoms with van der Waals surface area (Å²) >= 11 is 0. The van der Waals surface area contributed by atoms with Gasteiger partial charge in [-0.3, -0.25) is 4.79 Å². The summed E-state index contributed by atoms with van der Waals surface area (Å²) in [6, 6.07) is 14.1. The molecular weight excluding hydrogens is 396 g/mol. The van der Waals surface area contributed by atoms with Crippen molar-refractivity contribution in [1.29, 1.82) is 0 Å². The van der Waals surface area contributed by atoms with E-state index in [9.17, 15) is 13.2 Å². The molecule has 0 aliphatic carbocycles. The number of likely N-dealkylation sites (tertiary alicyclic amines) is 1. The first-order valence-electron chi connectivity index (χ1n) is 10.5. The lowest BCUT2D eigenvalue weighted by Crippen LogP contribution is -2.32. The number of benzene rings is 2. The molecule has 2 aromatic rings. The van der Waals surface area contributed by atoms with E-state index < -0.39 is 10.0 Å². The summed E-state index contributed by atoms with van der Waals surface area (Å²) in [5.74, 6) is 0.0543. The van der Waals surface area contributed by atoms with E-state index in [4.69, 9.17) is 0 Å². The monoisotopic (exact) mass is 426 g/mol. The smallest absolute Gasteiger partial charge is 0.253 e. The highest BCUT2D eigenvalue weighted by atomic mass is 32.2. The van der Waals surface area contributed by atoms with Gasteiger partial charge < -0.3 is 4.90 Å². The summed E-state index contributed by atoms with van der Waals surface area (Å²) in [5, 5.41) is 0. The quantitative estimate of drug-likeness (QED) is 0.617. The molecule has 0 bridgehead atoms. The van der Waals surface area contributed by atoms with Gasteiger partial charge in [-0.15, -0.1) is 6.58 Å². The van der Waals surface area contributed by atoms with Gasteiger partial charge in [-0.2, -0.15) is 4.31 Å². The molecule has 6 heteroatoms. The van der Waals surface area contributed by atoms with Crippen LogP contribution in [-0.2, 0) is 16.6 Å². The Kier molecular flexibility index (Phi) is 7.45. The molecule has 3 rings (SSSR count). The van der Waals surface area contributed by atoms with Crippen LogP contribution in [0.2, 0.25) is 0 Å². The van der Waals surface area contributed by atoms with Gasteiger partial charge >= 0.3 is 0 Å². The maximum atomic E-state index is 13.1. The maximum Gasteiger partial charge on any atom is 0.253 e. The molecule has 1 heterocycles. The molecule has 1 saturated heterocycles. The predicted molar refractivity (Wildman–Crippen MR) is 120 cm³/mol. The van der Waals surface area contributed by atoms with Gasteiger partial charge in [-0.25, -0.2) is 8.42 Å². The fraction of sp³-hybridized carbons (Fsp3) is 0.375. The standard InChI is InChI=1S/C24H30N2O3S/c1-3-16-26(30(28,29)23-14-8-20(2)9-15-23)19-21-10-12-22(13-11-21)24(27)25-17-6-4-5-7-18-25/h3,8-15H,1,4-7,16-19H2,2H3. The largest absolute Gasteiger partial charge is 0.339 e. The molecule has 160 valence electrons. The highest BCUT2D eigenvalue weighted by molar-refractivity contribution is 7.89. The Morgan fingerprint density at radius 3 is 2.17 bits per heavy atom. The molecule has 1 aliphatic heterocycles. The summed E-state index contributed by atoms with van der Waals surface area (Å²) < 4.78 is 27.5. The number of hydrogen-bond acceptors (Lipinski definition) is 3. The van der Waals surface area contributed by atoms with Crippen LogP contribution in [0.4, 0.5) is 0 Å². The van der Waals surface area contributed by atoms with E-state index in [0.29, 0.717) is 5.56 Å². The summed E-state index contributed by atoms with van der Waals surface area (Å²) in [4.78, 5) is 15.0. The van der Waals surface area contributed by atoms with Crippen LogP contribution in [0.3, 0.4) is 0 Å². The Hall–Kier alpha value is -2.44. The number of sulfonamides is 1. The Balaban J connectivity index is 1.75. The minimum absolute atomic E-state index is 0.0543. The van der Waals surface area contributed by atoms with Gasteiger partial charge in [0.15, 0.2) is 0 Å². The summed E-state index contributed by atoms with van der Waals surface area (Å²) in [5.41, 5.74) is 2.49. The van der Waals surface area contributed by atoms with Gasteiger partial charge in [0.25, 0.3) is 5.91 Å². The maximum absolute atomic E-state index is 13.1. The zero-order valence-electron chi connectivity index (χ0n) is 17.6. The van der Waals surface area contributed by atoms with Crippen LogP contribution in [0.5, 0.6) is 0 Å². The number of carbonyl (C=O) groups excluding carboxylic acids is 1. The topological polar surface area (TPSA) is 57.7 Å². The predicted octanol–water partition coefficient (Wildman–Crippen LogP) is 4.39. The fourth-order valence-electron chi connectivity index (χ4n) is 3.66. The van der Waals surface area contributed by atoms with Gasteiger partial charge in [0.05, 0.1) is 4.90 Å². The number of amides is 1. The van der Waals surface area contributed by atoms with Gasteiger partial charge in [0.1, 0.15) is 0 Å². The lowest BCUT2D eigenvalue weighted by molar-refractivity contribution is 0.0761. The minimum atomic E-state index is -3.64. The van der Waals surface area contributed by atoms with E-state index in [1.165, 1.54) is 17.1 Å². The summed E-state index contributed by atoms with van der Waals surface area (Å²) in [7, 11) is -3.64. The first-order chi connectivity index (χ1) is 14.4. The normalized spacial score (nSPS) is 15.1. The third kappa shape index (κ3) is 5.37. The Morgan fingerprint density at radius 2 is 1.60 bits per heavy atom. The lowest BCUT2D eigenvalue weighted by Gasteiger charge is -2.22. The van der Waals surface area contributed by atoms with Crippen molar-refractivity contribution in [3.05, 3.63) is 77.9 Å². The third-order valence-electron chi connectivity index (χ3n) is 5.44. The number of carbonyl (C=O) groups is 1. The van der Waals surface area contributed by atoms with E-state index in [1.807, 2.05) is 24.0 Å². The first kappa shape index (κ1) is 22.2. The van der Waals surface area contributed by atoms with Gasteiger partial charge in [-0.1, -0.05) is 48.7 Å². The van der Waals surface area contributed by atoms with Gasteiger partial charge in [0.2, 0.25) is 10.0 Å². The van der Waals surface area contributed by atoms with Crippen LogP contribution in [-0.4, -0.2) is 43.2 Å². The first-order valence-corrected chi connectivity index (χ1v) is 11.9. The molecular formula is C24H30N2O3S. The highest BCUT2D eigenvalue weighted by Gasteiger charge is 2.24. The number of hydrogen-bond donors (Lipinski definition) is 0. The molecule has 0 saturated carbocycles. The van der Waals surface area contributed by atoms with Gasteiger partial charge in [-0.05, 0) is 49.6 Å². The second-order valence-electron chi connectivity index (χ2n) is 7.80. The Morgan fingerprint density at radius 1 is 1.00 bits per heavy atom. The van der Waals surface area contributed by atoms with E-state index >= 15 is 0 Å². The number of rotatable bonds is 7. The van der Waals surface area contributed by atoms with Crippen LogP contribution in [0, 0.1) is 6.92 Å². The molecule has 5 nitrogen and oxygen atoms in total. The molecule has 0 unspecified atom stereocenters. The second kappa shape index (κ2) is 10.0. The minimum Gasteiger partial charge on any atom is -0.339 e. The molecule has 1 fully saturated rings. The van der Waals surface area contributed by atoms with Crippen molar-refractivity contribution < 1.29 is 13.2 Å². The highest BCUT2D eigenvalue weighted by Crippen LogP contribution is 2.20. The van der Waals surface area contributed by atoms with Crippen molar-refractivity contribution in [1.82, 2.24) is 9.21 Å². The van der Waals surface area contributed by atoms with Crippen molar-refractivity contribution in [3.8, 4) is 0 Å². The van der Waals surface area contributed by atoms with Crippen molar-refractivity contribution in [2.24, 2.45) is 0 Å². The third-order valence-corrected chi connectivity index (χ3v) is 7.27. The Bertz CT molecular complexity index is 959. The van der Waals surface area contributed by atoms with Crippen molar-refractivity contribution >= 4 is 15.9 Å². The number of nitrogens with zero attached hydrogens (tertiary/aromatic N) is 2. The van der Waals surface area contributed by atoms with E-state index in [1.54, 1.807) is 42.5 Å². The van der Waals surface area contributed by atoms with Crippen LogP contribution >= 0.6 is 0 Å². The van der Waals surface area contributed by atoms with Crippen LogP contribution in [0.15, 0.2) is 66.1 Å². The van der Waals surface area contributed by atoms with Crippen LogP contribution in [0.1, 0.15) is 47.2 Å². The molecule has 30 heavy (non-hydrogen) atoms. The fourth-order valence-corrected chi connectivity index (χ4v) is 5.06. The molecule has 0 radical (unpaired) electrons. The van der Waals surface area contributed by atoms with Crippen molar-refractivity contribution in [2.75, 3.05) is 19.6 Å². The molecule has 2 aromatic carbocycles. The SMILES string of the molecule is C=CCN(Cc1ccc(C(=O)N2CCCCCC2)cc1)S(=O)(=O)c1ccc(C)cc1. The van der Waals surface area contributed by atoms with Crippen LogP contribution in [0.25, 0.3) is 0 Å². The van der Waals surface area contributed by atoms with Gasteiger partial charge in [0, 0.05) is 31.7 Å². The summed E-state index contributed by atoms with van der Waals surface area (Å²) in [6.45, 7) is 7.68. The molecule has 0 atom stereocenters. The number of aryl methyl sites for hydroxylation is 1. The molecule has 1 amide bonds. The van der Waals surface area contributed by atoms with E-state index in [2.05, 4.69) is 6.58 Å². The summed E-state index contributed by atoms with van der Waals surface area (Å²) in [6.07, 6.45) is 6.05. The lowest BCUT2D eigenvalue weighted by atomic mass is 10.1.